The third-order valence-corrected chi connectivity index (χ3v) is 1.97. The Morgan fingerprint density at radius 1 is 1.54 bits per heavy atom. The van der Waals surface area contributed by atoms with Crippen LogP contribution in [0.25, 0.3) is 0 Å². The normalized spacial score (nSPS) is 8.77. The van der Waals surface area contributed by atoms with Gasteiger partial charge in [-0.1, -0.05) is 29.9 Å². The zero-order valence-corrected chi connectivity index (χ0v) is 10.2. The fourth-order valence-electron chi connectivity index (χ4n) is 0.715. The van der Waals surface area contributed by atoms with E-state index in [0.717, 1.165) is 5.69 Å². The fraction of sp³-hybridized carbons (Fsp3) is 0. The van der Waals surface area contributed by atoms with E-state index in [1.54, 1.807) is 18.2 Å². The molecule has 0 radical (unpaired) electrons. The Morgan fingerprint density at radius 2 is 2.15 bits per heavy atom. The lowest BCUT2D eigenvalue weighted by molar-refractivity contribution is 1.46. The summed E-state index contributed by atoms with van der Waals surface area (Å²) in [4.78, 5) is 0.638. The number of anilines is 1. The Morgan fingerprint density at radius 3 is 2.62 bits per heavy atom. The zero-order valence-electron chi connectivity index (χ0n) is 6.87. The van der Waals surface area contributed by atoms with E-state index in [9.17, 15) is 0 Å². The summed E-state index contributed by atoms with van der Waals surface area (Å²) in [6.07, 6.45) is 0. The van der Waals surface area contributed by atoms with Gasteiger partial charge in [0.05, 0.1) is 0 Å². The molecule has 0 atom stereocenters. The quantitative estimate of drug-likeness (QED) is 0.409. The Bertz CT molecular complexity index is 317. The van der Waals surface area contributed by atoms with Crippen molar-refractivity contribution in [1.29, 1.82) is 0 Å². The lowest BCUT2D eigenvalue weighted by Gasteiger charge is -2.14. The van der Waals surface area contributed by atoms with Crippen LogP contribution in [-0.4, -0.2) is 4.32 Å². The Balaban J connectivity index is 0.00000144. The molecule has 0 unspecified atom stereocenters. The lowest BCUT2D eigenvalue weighted by atomic mass is 10.3. The number of halogens is 1. The van der Waals surface area contributed by atoms with Crippen LogP contribution in [0.3, 0.4) is 0 Å². The largest absolute Gasteiger partial charge is 0.778 e. The first-order chi connectivity index (χ1) is 5.59. The minimum atomic E-state index is 0. The molecule has 0 fully saturated rings. The summed E-state index contributed by atoms with van der Waals surface area (Å²) in [5.74, 6) is 0. The average molecular weight is 253 g/mol. The van der Waals surface area contributed by atoms with Crippen molar-refractivity contribution in [3.8, 4) is 0 Å². The molecule has 0 amide bonds. The molecule has 0 aliphatic heterocycles. The van der Waals surface area contributed by atoms with Crippen LogP contribution in [0.1, 0.15) is 0 Å². The van der Waals surface area contributed by atoms with Gasteiger partial charge in [-0.15, -0.1) is 12.6 Å². The predicted octanol–water partition coefficient (Wildman–Crippen LogP) is 3.25. The number of hydrogen-bond donors (Lipinski definition) is 3. The van der Waals surface area contributed by atoms with Gasteiger partial charge in [-0.3, -0.25) is 0 Å². The van der Waals surface area contributed by atoms with Crippen molar-refractivity contribution in [2.75, 3.05) is 5.32 Å². The highest BCUT2D eigenvalue weighted by atomic mass is 35.5. The maximum absolute atomic E-state index is 5.71. The topological polar surface area (TPSA) is 48.5 Å². The minimum Gasteiger partial charge on any atom is -0.778 e. The van der Waals surface area contributed by atoms with Gasteiger partial charge in [0.1, 0.15) is 4.32 Å². The highest BCUT2D eigenvalue weighted by Gasteiger charge is 1.93. The van der Waals surface area contributed by atoms with Crippen molar-refractivity contribution in [1.82, 2.24) is 6.15 Å². The van der Waals surface area contributed by atoms with E-state index in [2.05, 4.69) is 17.9 Å². The predicted molar refractivity (Wildman–Crippen MR) is 68.3 cm³/mol. The van der Waals surface area contributed by atoms with E-state index in [4.69, 9.17) is 36.4 Å². The second-order valence-electron chi connectivity index (χ2n) is 2.07. The van der Waals surface area contributed by atoms with Gasteiger partial charge in [0.25, 0.3) is 0 Å². The Kier molecular flexibility index (Phi) is 5.59. The van der Waals surface area contributed by atoms with Gasteiger partial charge < -0.3 is 24.1 Å². The number of nitrogens with one attached hydrogen (secondary N) is 1. The van der Waals surface area contributed by atoms with Crippen LogP contribution in [0.15, 0.2) is 23.1 Å². The molecule has 1 rings (SSSR count). The summed E-state index contributed by atoms with van der Waals surface area (Å²) in [6, 6.07) is 5.20. The SMILES string of the molecule is S=C(S)Nc1ccc(Cl)cc1[S-].[NH4+]. The van der Waals surface area contributed by atoms with Crippen molar-refractivity contribution in [2.45, 2.75) is 4.90 Å². The number of quaternary nitrogens is 1. The smallest absolute Gasteiger partial charge is 0.135 e. The third kappa shape index (κ3) is 4.10. The van der Waals surface area contributed by atoms with Gasteiger partial charge in [0.15, 0.2) is 0 Å². The molecule has 0 saturated heterocycles. The van der Waals surface area contributed by atoms with E-state index >= 15 is 0 Å². The van der Waals surface area contributed by atoms with E-state index in [1.807, 2.05) is 0 Å². The maximum Gasteiger partial charge on any atom is 0.135 e. The first-order valence-electron chi connectivity index (χ1n) is 3.06. The van der Waals surface area contributed by atoms with Crippen LogP contribution in [-0.2, 0) is 12.6 Å². The summed E-state index contributed by atoms with van der Waals surface area (Å²) >= 11 is 19.4. The summed E-state index contributed by atoms with van der Waals surface area (Å²) in [6.45, 7) is 0. The van der Waals surface area contributed by atoms with Crippen LogP contribution < -0.4 is 11.5 Å². The number of thiol groups is 1. The summed E-state index contributed by atoms with van der Waals surface area (Å²) in [5.41, 5.74) is 0.759. The molecule has 2 nitrogen and oxygen atoms in total. The Labute approximate surface area is 98.5 Å². The number of hydrogen-bond acceptors (Lipinski definition) is 2. The second-order valence-corrected chi connectivity index (χ2v) is 4.10. The summed E-state index contributed by atoms with van der Waals surface area (Å²) in [7, 11) is 0. The molecule has 0 bridgehead atoms. The molecule has 0 heterocycles. The van der Waals surface area contributed by atoms with Gasteiger partial charge in [-0.25, -0.2) is 0 Å². The van der Waals surface area contributed by atoms with Crippen molar-refractivity contribution < 1.29 is 0 Å². The highest BCUT2D eigenvalue weighted by molar-refractivity contribution is 8.11. The molecule has 0 saturated carbocycles. The first kappa shape index (κ1) is 12.9. The van der Waals surface area contributed by atoms with Crippen molar-refractivity contribution in [3.05, 3.63) is 23.2 Å². The molecule has 0 aliphatic rings. The molecule has 0 spiro atoms. The molecule has 5 N–H and O–H groups in total. The molecular weight excluding hydrogens is 244 g/mol. The van der Waals surface area contributed by atoms with Crippen LogP contribution >= 0.6 is 36.4 Å². The van der Waals surface area contributed by atoms with E-state index in [0.29, 0.717) is 14.2 Å². The first-order valence-corrected chi connectivity index (χ1v) is 4.70. The highest BCUT2D eigenvalue weighted by Crippen LogP contribution is 2.20. The summed E-state index contributed by atoms with van der Waals surface area (Å²) in [5, 5.41) is 3.45. The van der Waals surface area contributed by atoms with Gasteiger partial charge in [0, 0.05) is 10.7 Å². The number of rotatable bonds is 1. The molecule has 13 heavy (non-hydrogen) atoms. The number of benzene rings is 1. The van der Waals surface area contributed by atoms with E-state index in [1.165, 1.54) is 0 Å². The standard InChI is InChI=1S/C7H6ClNS3.H3N/c8-4-1-2-5(6(10)3-4)9-7(11)12;/h1-3,10H,(H2,9,11,12);1H3. The van der Waals surface area contributed by atoms with Crippen molar-refractivity contribution in [3.63, 3.8) is 0 Å². The molecule has 0 aromatic heterocycles. The van der Waals surface area contributed by atoms with Gasteiger partial charge in [-0.05, 0) is 12.1 Å². The van der Waals surface area contributed by atoms with E-state index < -0.39 is 0 Å². The monoisotopic (exact) mass is 252 g/mol. The van der Waals surface area contributed by atoms with Crippen molar-refractivity contribution >= 4 is 59.1 Å². The molecule has 0 aliphatic carbocycles. The minimum absolute atomic E-state index is 0. The number of thiocarbonyl (C=S) groups is 1. The van der Waals surface area contributed by atoms with Crippen LogP contribution in [0.2, 0.25) is 5.02 Å². The molecule has 72 valence electrons. The third-order valence-electron chi connectivity index (χ3n) is 1.19. The summed E-state index contributed by atoms with van der Waals surface area (Å²) < 4.78 is 0.392. The van der Waals surface area contributed by atoms with Crippen LogP contribution in [0.4, 0.5) is 5.69 Å². The van der Waals surface area contributed by atoms with Crippen LogP contribution in [0, 0.1) is 0 Å². The lowest BCUT2D eigenvalue weighted by Crippen LogP contribution is -2.01. The van der Waals surface area contributed by atoms with Crippen LogP contribution in [0.5, 0.6) is 0 Å². The maximum atomic E-state index is 5.71. The van der Waals surface area contributed by atoms with Gasteiger partial charge in [-0.2, -0.15) is 4.90 Å². The molecule has 6 heteroatoms. The molecule has 1 aromatic carbocycles. The second kappa shape index (κ2) is 5.62. The van der Waals surface area contributed by atoms with Gasteiger partial charge in [0.2, 0.25) is 0 Å². The zero-order chi connectivity index (χ0) is 9.14. The molecular formula is C7H9ClN2S3. The fourth-order valence-corrected chi connectivity index (χ4v) is 1.43. The van der Waals surface area contributed by atoms with Gasteiger partial charge >= 0.3 is 0 Å². The molecule has 1 aromatic rings. The van der Waals surface area contributed by atoms with Crippen molar-refractivity contribution in [2.24, 2.45) is 0 Å². The Hall–Kier alpha value is -0.0700. The average Bonchev–Trinajstić information content (AvgIpc) is 1.94. The van der Waals surface area contributed by atoms with E-state index in [-0.39, 0.29) is 6.15 Å².